The Morgan fingerprint density at radius 1 is 1.14 bits per heavy atom. The average Bonchev–Trinajstić information content (AvgIpc) is 3.33. The van der Waals surface area contributed by atoms with E-state index in [9.17, 15) is 5.11 Å². The van der Waals surface area contributed by atoms with Gasteiger partial charge in [0.15, 0.2) is 11.6 Å². The van der Waals surface area contributed by atoms with Gasteiger partial charge in [-0.2, -0.15) is 5.10 Å². The van der Waals surface area contributed by atoms with Crippen LogP contribution < -0.4 is 15.8 Å². The van der Waals surface area contributed by atoms with Crippen LogP contribution in [0.2, 0.25) is 0 Å². The Balaban J connectivity index is 1.51. The van der Waals surface area contributed by atoms with Gasteiger partial charge in [-0.3, -0.25) is 4.68 Å². The van der Waals surface area contributed by atoms with Crippen LogP contribution in [0.5, 0.6) is 5.75 Å². The first-order valence-corrected chi connectivity index (χ1v) is 12.3. The molecule has 0 unspecified atom stereocenters. The van der Waals surface area contributed by atoms with Crippen molar-refractivity contribution in [1.29, 1.82) is 0 Å². The predicted octanol–water partition coefficient (Wildman–Crippen LogP) is 3.21. The maximum Gasteiger partial charge on any atom is 0.166 e. The van der Waals surface area contributed by atoms with Crippen LogP contribution in [-0.2, 0) is 13.2 Å². The zero-order valence-electron chi connectivity index (χ0n) is 21.6. The van der Waals surface area contributed by atoms with E-state index in [4.69, 9.17) is 10.5 Å². The number of nitrogen functional groups attached to an aromatic ring is 1. The first-order chi connectivity index (χ1) is 17.2. The van der Waals surface area contributed by atoms with E-state index in [1.165, 1.54) is 0 Å². The number of piperidine rings is 1. The molecule has 0 amide bonds. The van der Waals surface area contributed by atoms with Crippen LogP contribution in [0.4, 0.5) is 5.82 Å². The Morgan fingerprint density at radius 3 is 2.61 bits per heavy atom. The lowest BCUT2D eigenvalue weighted by molar-refractivity contribution is 0.143. The summed E-state index contributed by atoms with van der Waals surface area (Å²) in [5.74, 6) is 6.81. The second-order valence-electron chi connectivity index (χ2n) is 10.0. The van der Waals surface area contributed by atoms with Gasteiger partial charge in [0.25, 0.3) is 0 Å². The molecule has 0 spiro atoms. The number of rotatable bonds is 7. The summed E-state index contributed by atoms with van der Waals surface area (Å²) in [5.41, 5.74) is 9.87. The lowest BCUT2D eigenvalue weighted by Crippen LogP contribution is -2.31. The summed E-state index contributed by atoms with van der Waals surface area (Å²) in [7, 11) is 4.06. The molecule has 4 N–H and O–H groups in total. The molecule has 0 aliphatic carbocycles. The van der Waals surface area contributed by atoms with Crippen molar-refractivity contribution in [3.8, 4) is 28.7 Å². The molecular formula is C28H36N6O2. The number of aromatic nitrogens is 3. The molecule has 1 aliphatic heterocycles. The summed E-state index contributed by atoms with van der Waals surface area (Å²) < 4.78 is 8.19. The smallest absolute Gasteiger partial charge is 0.166 e. The fourth-order valence-electron chi connectivity index (χ4n) is 4.29. The highest BCUT2D eigenvalue weighted by atomic mass is 16.5. The molecular weight excluding hydrogens is 452 g/mol. The normalized spacial score (nSPS) is 14.9. The van der Waals surface area contributed by atoms with E-state index >= 15 is 0 Å². The Labute approximate surface area is 213 Å². The van der Waals surface area contributed by atoms with Crippen molar-refractivity contribution >= 4 is 5.82 Å². The largest absolute Gasteiger partial charge is 0.485 e. The number of ether oxygens (including phenoxy) is 1. The molecule has 0 atom stereocenters. The summed E-state index contributed by atoms with van der Waals surface area (Å²) in [6, 6.07) is 8.40. The number of aliphatic hydroxyl groups is 1. The van der Waals surface area contributed by atoms with Gasteiger partial charge in [-0.05, 0) is 83.2 Å². The second-order valence-corrected chi connectivity index (χ2v) is 10.0. The molecule has 190 valence electrons. The summed E-state index contributed by atoms with van der Waals surface area (Å²) >= 11 is 0. The lowest BCUT2D eigenvalue weighted by atomic mass is 10.0. The zero-order valence-corrected chi connectivity index (χ0v) is 21.6. The van der Waals surface area contributed by atoms with Crippen molar-refractivity contribution < 1.29 is 9.84 Å². The van der Waals surface area contributed by atoms with E-state index in [1.807, 2.05) is 31.4 Å². The van der Waals surface area contributed by atoms with Crippen LogP contribution in [-0.4, -0.2) is 57.6 Å². The van der Waals surface area contributed by atoms with Crippen LogP contribution in [0, 0.1) is 11.8 Å². The van der Waals surface area contributed by atoms with Crippen LogP contribution in [0.3, 0.4) is 0 Å². The van der Waals surface area contributed by atoms with E-state index in [0.717, 1.165) is 53.7 Å². The van der Waals surface area contributed by atoms with Gasteiger partial charge in [-0.15, -0.1) is 0 Å². The highest BCUT2D eigenvalue weighted by Crippen LogP contribution is 2.29. The van der Waals surface area contributed by atoms with Crippen molar-refractivity contribution in [3.05, 3.63) is 59.5 Å². The van der Waals surface area contributed by atoms with Crippen molar-refractivity contribution in [2.24, 2.45) is 0 Å². The van der Waals surface area contributed by atoms with Gasteiger partial charge in [0, 0.05) is 35.6 Å². The van der Waals surface area contributed by atoms with Crippen LogP contribution in [0.15, 0.2) is 42.9 Å². The maximum absolute atomic E-state index is 9.97. The number of nitrogens with two attached hydrogens (primary N) is 1. The molecule has 0 radical (unpaired) electrons. The molecule has 1 fully saturated rings. The molecule has 1 aromatic carbocycles. The summed E-state index contributed by atoms with van der Waals surface area (Å²) in [6.07, 6.45) is 7.92. The van der Waals surface area contributed by atoms with Crippen molar-refractivity contribution in [3.63, 3.8) is 0 Å². The van der Waals surface area contributed by atoms with Gasteiger partial charge >= 0.3 is 0 Å². The molecule has 8 nitrogen and oxygen atoms in total. The number of hydrogen-bond acceptors (Lipinski definition) is 7. The molecule has 1 aliphatic rings. The van der Waals surface area contributed by atoms with Crippen LogP contribution in [0.25, 0.3) is 11.1 Å². The Kier molecular flexibility index (Phi) is 7.94. The van der Waals surface area contributed by atoms with E-state index < -0.39 is 5.60 Å². The summed E-state index contributed by atoms with van der Waals surface area (Å²) in [6.45, 7) is 6.53. The molecule has 36 heavy (non-hydrogen) atoms. The highest BCUT2D eigenvalue weighted by Gasteiger charge is 2.19. The average molecular weight is 489 g/mol. The third-order valence-corrected chi connectivity index (χ3v) is 6.22. The fraction of sp³-hybridized carbons (Fsp3) is 0.429. The van der Waals surface area contributed by atoms with E-state index in [-0.39, 0.29) is 0 Å². The monoisotopic (exact) mass is 488 g/mol. The maximum atomic E-state index is 9.97. The van der Waals surface area contributed by atoms with Crippen LogP contribution in [0.1, 0.15) is 49.4 Å². The Bertz CT molecular complexity index is 1240. The van der Waals surface area contributed by atoms with E-state index in [2.05, 4.69) is 56.1 Å². The minimum Gasteiger partial charge on any atom is -0.485 e. The van der Waals surface area contributed by atoms with Crippen molar-refractivity contribution in [2.45, 2.75) is 51.5 Å². The number of anilines is 1. The number of likely N-dealkylation sites (tertiary alicyclic amines) is 1. The standard InChI is InChI=1S/C28H36N6O2/c1-28(2,35)8-5-20-11-21(15-30-3)13-22(12-20)19-36-26-14-23(16-31-27(26)29)24-17-32-34(18-24)25-6-9-33(4)10-7-25/h11-14,16-18,25,30,35H,6-7,9-10,15,19H2,1-4H3,(H2,29,31). The minimum absolute atomic E-state index is 0.318. The second kappa shape index (κ2) is 11.1. The molecule has 0 bridgehead atoms. The molecule has 0 saturated carbocycles. The van der Waals surface area contributed by atoms with E-state index in [0.29, 0.717) is 30.8 Å². The molecule has 1 saturated heterocycles. The third kappa shape index (κ3) is 6.85. The van der Waals surface area contributed by atoms with Crippen molar-refractivity contribution in [2.75, 3.05) is 32.9 Å². The molecule has 2 aromatic heterocycles. The summed E-state index contributed by atoms with van der Waals surface area (Å²) in [5, 5.41) is 17.8. The number of benzene rings is 1. The number of nitrogens with zero attached hydrogens (tertiary/aromatic N) is 4. The number of nitrogens with one attached hydrogen (secondary N) is 1. The topological polar surface area (TPSA) is 101 Å². The quantitative estimate of drug-likeness (QED) is 0.439. The van der Waals surface area contributed by atoms with Gasteiger partial charge < -0.3 is 25.8 Å². The van der Waals surface area contributed by atoms with Gasteiger partial charge in [0.1, 0.15) is 12.2 Å². The fourth-order valence-corrected chi connectivity index (χ4v) is 4.29. The highest BCUT2D eigenvalue weighted by molar-refractivity contribution is 5.65. The molecule has 4 rings (SSSR count). The van der Waals surface area contributed by atoms with Gasteiger partial charge in [-0.1, -0.05) is 17.9 Å². The molecule has 3 aromatic rings. The SMILES string of the molecule is CNCc1cc(C#CC(C)(C)O)cc(COc2cc(-c3cnn(C4CCN(C)CC4)c3)cnc2N)c1. The minimum atomic E-state index is -1.06. The van der Waals surface area contributed by atoms with Gasteiger partial charge in [0.05, 0.1) is 12.2 Å². The molecule has 3 heterocycles. The third-order valence-electron chi connectivity index (χ3n) is 6.22. The van der Waals surface area contributed by atoms with Crippen LogP contribution >= 0.6 is 0 Å². The first kappa shape index (κ1) is 25.7. The van der Waals surface area contributed by atoms with Gasteiger partial charge in [-0.25, -0.2) is 4.98 Å². The lowest BCUT2D eigenvalue weighted by Gasteiger charge is -2.28. The van der Waals surface area contributed by atoms with Gasteiger partial charge in [0.2, 0.25) is 0 Å². The first-order valence-electron chi connectivity index (χ1n) is 12.3. The van der Waals surface area contributed by atoms with Crippen molar-refractivity contribution in [1.82, 2.24) is 25.0 Å². The predicted molar refractivity (Wildman–Crippen MR) is 142 cm³/mol. The summed E-state index contributed by atoms with van der Waals surface area (Å²) in [4.78, 5) is 6.72. The molecule has 8 heteroatoms. The Hall–Kier alpha value is -3.38. The number of pyridine rings is 1. The number of hydrogen-bond donors (Lipinski definition) is 3. The zero-order chi connectivity index (χ0) is 25.7. The van der Waals surface area contributed by atoms with E-state index in [1.54, 1.807) is 20.0 Å². The Morgan fingerprint density at radius 2 is 1.89 bits per heavy atom.